The molecule has 0 fully saturated rings. The normalized spacial score (nSPS) is 24.6. The first kappa shape index (κ1) is 24.5. The molecule has 0 saturated heterocycles. The zero-order valence-corrected chi connectivity index (χ0v) is 18.6. The highest BCUT2D eigenvalue weighted by Gasteiger charge is 2.36. The third-order valence-corrected chi connectivity index (χ3v) is 5.67. The van der Waals surface area contributed by atoms with Crippen molar-refractivity contribution >= 4 is 0 Å². The maximum atomic E-state index is 12.4. The van der Waals surface area contributed by atoms with Gasteiger partial charge < -0.3 is 14.6 Å². The topological polar surface area (TPSA) is 38.7 Å². The molecule has 0 saturated carbocycles. The highest BCUT2D eigenvalue weighted by molar-refractivity contribution is 5.16. The quantitative estimate of drug-likeness (QED) is 0.420. The standard InChI is InChI=1S/C24H39FO3/c1-17(10-8-12-19(3)16-25)9-7-11-18(2)13-14-21-20(4)15-22(27-5)24(28-6)23(21)26/h9,12-13,20-21,23,26H,7-8,10-11,14-16H2,1-6H3/b17-9+,18-13+,19-12+. The fourth-order valence-electron chi connectivity index (χ4n) is 3.68. The second kappa shape index (κ2) is 12.8. The van der Waals surface area contributed by atoms with Crippen molar-refractivity contribution in [1.82, 2.24) is 0 Å². The summed E-state index contributed by atoms with van der Waals surface area (Å²) in [6, 6.07) is 0. The fraction of sp³-hybridized carbons (Fsp3) is 0.667. The SMILES string of the molecule is COC1=C(OC)C(O)C(C/C=C(\C)CC/C=C(\C)CC/C=C(\C)CF)C(C)C1. The maximum absolute atomic E-state index is 12.4. The van der Waals surface area contributed by atoms with Crippen LogP contribution in [0.15, 0.2) is 46.5 Å². The first-order valence-corrected chi connectivity index (χ1v) is 10.4. The van der Waals surface area contributed by atoms with E-state index >= 15 is 0 Å². The molecule has 1 rings (SSSR count). The summed E-state index contributed by atoms with van der Waals surface area (Å²) >= 11 is 0. The number of allylic oxidation sites excluding steroid dienone is 7. The molecule has 0 amide bonds. The Hall–Kier alpha value is -1.55. The highest BCUT2D eigenvalue weighted by Crippen LogP contribution is 2.37. The average molecular weight is 395 g/mol. The molecule has 3 nitrogen and oxygen atoms in total. The van der Waals surface area contributed by atoms with Crippen molar-refractivity contribution < 1.29 is 19.0 Å². The van der Waals surface area contributed by atoms with Gasteiger partial charge in [-0.1, -0.05) is 36.3 Å². The van der Waals surface area contributed by atoms with E-state index in [9.17, 15) is 9.50 Å². The molecule has 3 unspecified atom stereocenters. The number of aliphatic hydroxyl groups excluding tert-OH is 1. The van der Waals surface area contributed by atoms with E-state index in [0.29, 0.717) is 11.7 Å². The molecule has 4 heteroatoms. The summed E-state index contributed by atoms with van der Waals surface area (Å²) in [4.78, 5) is 0. The van der Waals surface area contributed by atoms with Gasteiger partial charge in [-0.15, -0.1) is 0 Å². The smallest absolute Gasteiger partial charge is 0.162 e. The van der Waals surface area contributed by atoms with E-state index in [2.05, 4.69) is 32.9 Å². The molecular weight excluding hydrogens is 355 g/mol. The van der Waals surface area contributed by atoms with Gasteiger partial charge in [0, 0.05) is 6.42 Å². The Morgan fingerprint density at radius 3 is 2.11 bits per heavy atom. The van der Waals surface area contributed by atoms with E-state index in [0.717, 1.165) is 49.9 Å². The number of methoxy groups -OCH3 is 2. The Labute approximate surface area is 171 Å². The number of rotatable bonds is 11. The minimum atomic E-state index is -0.615. The molecule has 0 bridgehead atoms. The lowest BCUT2D eigenvalue weighted by molar-refractivity contribution is 0.0226. The zero-order valence-electron chi connectivity index (χ0n) is 18.6. The van der Waals surface area contributed by atoms with Crippen molar-refractivity contribution in [3.05, 3.63) is 46.5 Å². The van der Waals surface area contributed by atoms with Crippen LogP contribution >= 0.6 is 0 Å². The maximum Gasteiger partial charge on any atom is 0.162 e. The predicted octanol–water partition coefficient (Wildman–Crippen LogP) is 6.27. The number of aliphatic hydroxyl groups is 1. The molecule has 0 aromatic rings. The summed E-state index contributed by atoms with van der Waals surface area (Å²) in [5.41, 5.74) is 3.51. The molecule has 0 radical (unpaired) electrons. The van der Waals surface area contributed by atoms with Crippen molar-refractivity contribution in [2.24, 2.45) is 11.8 Å². The van der Waals surface area contributed by atoms with Gasteiger partial charge in [-0.05, 0) is 70.3 Å². The molecule has 0 aromatic carbocycles. The Morgan fingerprint density at radius 2 is 1.57 bits per heavy atom. The van der Waals surface area contributed by atoms with Crippen LogP contribution in [0.1, 0.15) is 66.2 Å². The molecule has 0 aromatic heterocycles. The molecule has 0 aliphatic heterocycles. The Bertz CT molecular complexity index is 601. The minimum absolute atomic E-state index is 0.145. The third-order valence-electron chi connectivity index (χ3n) is 5.67. The molecule has 1 aliphatic carbocycles. The minimum Gasteiger partial charge on any atom is -0.497 e. The Balaban J connectivity index is 2.52. The van der Waals surface area contributed by atoms with Gasteiger partial charge in [-0.2, -0.15) is 0 Å². The van der Waals surface area contributed by atoms with Crippen LogP contribution in [0.2, 0.25) is 0 Å². The van der Waals surface area contributed by atoms with Crippen LogP contribution in [-0.2, 0) is 9.47 Å². The van der Waals surface area contributed by atoms with E-state index < -0.39 is 6.10 Å². The fourth-order valence-corrected chi connectivity index (χ4v) is 3.68. The summed E-state index contributed by atoms with van der Waals surface area (Å²) in [5.74, 6) is 1.83. The number of alkyl halides is 1. The van der Waals surface area contributed by atoms with Crippen LogP contribution in [0.3, 0.4) is 0 Å². The van der Waals surface area contributed by atoms with Crippen LogP contribution in [0, 0.1) is 11.8 Å². The van der Waals surface area contributed by atoms with Gasteiger partial charge in [0.1, 0.15) is 18.5 Å². The number of ether oxygens (including phenoxy) is 2. The van der Waals surface area contributed by atoms with Crippen LogP contribution < -0.4 is 0 Å². The van der Waals surface area contributed by atoms with Gasteiger partial charge in [0.2, 0.25) is 0 Å². The van der Waals surface area contributed by atoms with Gasteiger partial charge in [0.05, 0.1) is 14.2 Å². The predicted molar refractivity (Wildman–Crippen MR) is 115 cm³/mol. The second-order valence-corrected chi connectivity index (χ2v) is 8.08. The first-order valence-electron chi connectivity index (χ1n) is 10.4. The number of halogens is 1. The number of hydrogen-bond acceptors (Lipinski definition) is 3. The Morgan fingerprint density at radius 1 is 1.00 bits per heavy atom. The van der Waals surface area contributed by atoms with Crippen LogP contribution in [-0.4, -0.2) is 32.1 Å². The molecule has 3 atom stereocenters. The van der Waals surface area contributed by atoms with Gasteiger partial charge in [0.15, 0.2) is 5.76 Å². The lowest BCUT2D eigenvalue weighted by Crippen LogP contribution is -2.34. The lowest BCUT2D eigenvalue weighted by Gasteiger charge is -2.34. The lowest BCUT2D eigenvalue weighted by atomic mass is 9.78. The molecule has 1 aliphatic rings. The van der Waals surface area contributed by atoms with Crippen molar-refractivity contribution in [3.63, 3.8) is 0 Å². The van der Waals surface area contributed by atoms with E-state index in [1.165, 1.54) is 11.1 Å². The van der Waals surface area contributed by atoms with Crippen molar-refractivity contribution in [2.75, 3.05) is 20.9 Å². The molecule has 1 N–H and O–H groups in total. The van der Waals surface area contributed by atoms with Gasteiger partial charge >= 0.3 is 0 Å². The second-order valence-electron chi connectivity index (χ2n) is 8.08. The molecular formula is C24H39FO3. The van der Waals surface area contributed by atoms with Crippen molar-refractivity contribution in [1.29, 1.82) is 0 Å². The zero-order chi connectivity index (χ0) is 21.1. The monoisotopic (exact) mass is 394 g/mol. The molecule has 28 heavy (non-hydrogen) atoms. The summed E-state index contributed by atoms with van der Waals surface area (Å²) in [6.07, 6.45) is 11.5. The van der Waals surface area contributed by atoms with Crippen LogP contribution in [0.25, 0.3) is 0 Å². The first-order chi connectivity index (χ1) is 13.3. The average Bonchev–Trinajstić information content (AvgIpc) is 2.67. The van der Waals surface area contributed by atoms with Crippen molar-refractivity contribution in [2.45, 2.75) is 72.3 Å². The summed E-state index contributed by atoms with van der Waals surface area (Å²) in [6.45, 7) is 7.94. The van der Waals surface area contributed by atoms with Crippen molar-refractivity contribution in [3.8, 4) is 0 Å². The summed E-state index contributed by atoms with van der Waals surface area (Å²) < 4.78 is 23.2. The summed E-state index contributed by atoms with van der Waals surface area (Å²) in [5, 5.41) is 10.7. The highest BCUT2D eigenvalue weighted by atomic mass is 19.1. The summed E-state index contributed by atoms with van der Waals surface area (Å²) in [7, 11) is 3.22. The van der Waals surface area contributed by atoms with E-state index in [1.54, 1.807) is 14.2 Å². The third kappa shape index (κ3) is 7.83. The molecule has 0 heterocycles. The van der Waals surface area contributed by atoms with Crippen LogP contribution in [0.5, 0.6) is 0 Å². The van der Waals surface area contributed by atoms with Crippen LogP contribution in [0.4, 0.5) is 4.39 Å². The Kier molecular flexibility index (Phi) is 11.2. The van der Waals surface area contributed by atoms with E-state index in [1.807, 2.05) is 13.0 Å². The van der Waals surface area contributed by atoms with Gasteiger partial charge in [-0.3, -0.25) is 0 Å². The molecule has 160 valence electrons. The van der Waals surface area contributed by atoms with Gasteiger partial charge in [-0.25, -0.2) is 4.39 Å². The number of hydrogen-bond donors (Lipinski definition) is 1. The molecule has 0 spiro atoms. The van der Waals surface area contributed by atoms with Gasteiger partial charge in [0.25, 0.3) is 0 Å². The van der Waals surface area contributed by atoms with E-state index in [4.69, 9.17) is 9.47 Å². The van der Waals surface area contributed by atoms with E-state index in [-0.39, 0.29) is 12.6 Å². The largest absolute Gasteiger partial charge is 0.497 e.